The van der Waals surface area contributed by atoms with Gasteiger partial charge in [0.25, 0.3) is 5.56 Å². The molecule has 2 aromatic rings. The minimum atomic E-state index is 0.0322. The van der Waals surface area contributed by atoms with Crippen molar-refractivity contribution in [3.8, 4) is 0 Å². The maximum atomic E-state index is 12.2. The lowest BCUT2D eigenvalue weighted by molar-refractivity contribution is 0.272. The van der Waals surface area contributed by atoms with Crippen molar-refractivity contribution in [1.82, 2.24) is 19.4 Å². The molecule has 3 rings (SSSR count). The molecule has 0 atom stereocenters. The van der Waals surface area contributed by atoms with Gasteiger partial charge in [-0.25, -0.2) is 4.98 Å². The summed E-state index contributed by atoms with van der Waals surface area (Å²) in [5.74, 6) is 0. The van der Waals surface area contributed by atoms with E-state index in [0.29, 0.717) is 5.52 Å². The lowest BCUT2D eigenvalue weighted by Gasteiger charge is -2.19. The second-order valence-corrected chi connectivity index (χ2v) is 5.24. The van der Waals surface area contributed by atoms with E-state index in [-0.39, 0.29) is 5.56 Å². The van der Waals surface area contributed by atoms with Gasteiger partial charge in [0.1, 0.15) is 5.52 Å². The molecule has 0 amide bonds. The first kappa shape index (κ1) is 12.4. The van der Waals surface area contributed by atoms with Gasteiger partial charge >= 0.3 is 0 Å². The van der Waals surface area contributed by atoms with Gasteiger partial charge in [-0.15, -0.1) is 0 Å². The number of aromatic nitrogens is 3. The Kier molecular flexibility index (Phi) is 3.64. The van der Waals surface area contributed by atoms with Crippen molar-refractivity contribution in [2.24, 2.45) is 0 Å². The highest BCUT2D eigenvalue weighted by molar-refractivity contribution is 5.73. The second-order valence-electron chi connectivity index (χ2n) is 5.24. The van der Waals surface area contributed by atoms with Gasteiger partial charge < -0.3 is 9.88 Å². The maximum Gasteiger partial charge on any atom is 0.277 e. The minimum absolute atomic E-state index is 0.0322. The Morgan fingerprint density at radius 3 is 2.74 bits per heavy atom. The van der Waals surface area contributed by atoms with E-state index in [1.165, 1.54) is 25.7 Å². The first-order chi connectivity index (χ1) is 9.34. The van der Waals surface area contributed by atoms with Gasteiger partial charge in [-0.1, -0.05) is 12.8 Å². The number of aromatic amines is 1. The Hall–Kier alpha value is -1.62. The molecule has 1 aliphatic rings. The molecule has 19 heavy (non-hydrogen) atoms. The molecular formula is C14H20N4O. The van der Waals surface area contributed by atoms with Crippen LogP contribution in [0, 0.1) is 0 Å². The molecule has 0 saturated carbocycles. The second kappa shape index (κ2) is 5.57. The Morgan fingerprint density at radius 1 is 1.16 bits per heavy atom. The summed E-state index contributed by atoms with van der Waals surface area (Å²) in [6, 6.07) is 1.83. The highest BCUT2D eigenvalue weighted by Crippen LogP contribution is 2.09. The largest absolute Gasteiger partial charge is 0.355 e. The molecule has 0 aromatic carbocycles. The summed E-state index contributed by atoms with van der Waals surface area (Å²) < 4.78 is 1.71. The molecule has 0 unspecified atom stereocenters. The summed E-state index contributed by atoms with van der Waals surface area (Å²) in [5, 5.41) is 0. The van der Waals surface area contributed by atoms with E-state index in [4.69, 9.17) is 0 Å². The fourth-order valence-electron chi connectivity index (χ4n) is 2.74. The normalized spacial score (nSPS) is 17.7. The van der Waals surface area contributed by atoms with Crippen LogP contribution in [0.5, 0.6) is 0 Å². The fraction of sp³-hybridized carbons (Fsp3) is 0.571. The van der Waals surface area contributed by atoms with Crippen molar-refractivity contribution in [2.45, 2.75) is 32.2 Å². The third-order valence-electron chi connectivity index (χ3n) is 3.89. The summed E-state index contributed by atoms with van der Waals surface area (Å²) in [7, 11) is 0. The molecule has 1 aliphatic heterocycles. The van der Waals surface area contributed by atoms with E-state index < -0.39 is 0 Å². The summed E-state index contributed by atoms with van der Waals surface area (Å²) in [6.07, 6.45) is 8.67. The number of nitrogens with one attached hydrogen (secondary N) is 1. The van der Waals surface area contributed by atoms with E-state index in [9.17, 15) is 4.79 Å². The molecule has 0 spiro atoms. The molecule has 3 heterocycles. The van der Waals surface area contributed by atoms with E-state index in [1.54, 1.807) is 17.1 Å². The van der Waals surface area contributed by atoms with Crippen LogP contribution >= 0.6 is 0 Å². The van der Waals surface area contributed by atoms with Crippen LogP contribution in [0.4, 0.5) is 0 Å². The van der Waals surface area contributed by atoms with Crippen LogP contribution in [0.2, 0.25) is 0 Å². The van der Waals surface area contributed by atoms with Crippen LogP contribution in [0.15, 0.2) is 23.4 Å². The van der Waals surface area contributed by atoms with Crippen LogP contribution in [0.25, 0.3) is 11.0 Å². The van der Waals surface area contributed by atoms with Gasteiger partial charge in [-0.3, -0.25) is 9.36 Å². The Bertz CT molecular complexity index is 593. The molecule has 0 aliphatic carbocycles. The summed E-state index contributed by atoms with van der Waals surface area (Å²) in [5.41, 5.74) is 1.39. The topological polar surface area (TPSA) is 53.9 Å². The Balaban J connectivity index is 1.70. The van der Waals surface area contributed by atoms with Gasteiger partial charge in [0.2, 0.25) is 0 Å². The van der Waals surface area contributed by atoms with Gasteiger partial charge in [0.15, 0.2) is 0 Å². The predicted octanol–water partition coefficient (Wildman–Crippen LogP) is 1.60. The summed E-state index contributed by atoms with van der Waals surface area (Å²) >= 11 is 0. The van der Waals surface area contributed by atoms with Gasteiger partial charge in [-0.05, 0) is 32.0 Å². The van der Waals surface area contributed by atoms with Crippen molar-refractivity contribution in [1.29, 1.82) is 0 Å². The molecule has 1 N–H and O–H groups in total. The zero-order chi connectivity index (χ0) is 13.1. The van der Waals surface area contributed by atoms with E-state index in [2.05, 4.69) is 14.9 Å². The Labute approximate surface area is 112 Å². The average Bonchev–Trinajstić information content (AvgIpc) is 2.75. The molecule has 0 radical (unpaired) electrons. The van der Waals surface area contributed by atoms with Crippen LogP contribution in [-0.4, -0.2) is 39.1 Å². The zero-order valence-electron chi connectivity index (χ0n) is 11.1. The van der Waals surface area contributed by atoms with Crippen LogP contribution in [0.1, 0.15) is 25.7 Å². The highest BCUT2D eigenvalue weighted by Gasteiger charge is 2.10. The number of nitrogens with zero attached hydrogens (tertiary/aromatic N) is 3. The first-order valence-corrected chi connectivity index (χ1v) is 7.09. The lowest BCUT2D eigenvalue weighted by atomic mass is 10.2. The standard InChI is InChI=1S/C14H20N4O/c19-14-13-12(5-6-15-13)16-11-18(14)10-9-17-7-3-1-2-4-8-17/h5-6,11,15H,1-4,7-10H2. The van der Waals surface area contributed by atoms with Crippen molar-refractivity contribution in [3.63, 3.8) is 0 Å². The quantitative estimate of drug-likeness (QED) is 0.912. The minimum Gasteiger partial charge on any atom is -0.355 e. The number of rotatable bonds is 3. The smallest absolute Gasteiger partial charge is 0.277 e. The molecular weight excluding hydrogens is 240 g/mol. The number of hydrogen-bond acceptors (Lipinski definition) is 3. The summed E-state index contributed by atoms with van der Waals surface area (Å²) in [6.45, 7) is 3.98. The van der Waals surface area contributed by atoms with Gasteiger partial charge in [0, 0.05) is 19.3 Å². The Morgan fingerprint density at radius 2 is 1.95 bits per heavy atom. The maximum absolute atomic E-state index is 12.2. The van der Waals surface area contributed by atoms with Crippen molar-refractivity contribution in [3.05, 3.63) is 28.9 Å². The predicted molar refractivity (Wildman–Crippen MR) is 75.3 cm³/mol. The first-order valence-electron chi connectivity index (χ1n) is 7.09. The van der Waals surface area contributed by atoms with E-state index >= 15 is 0 Å². The van der Waals surface area contributed by atoms with E-state index in [1.807, 2.05) is 6.07 Å². The van der Waals surface area contributed by atoms with E-state index in [0.717, 1.165) is 31.7 Å². The van der Waals surface area contributed by atoms with Gasteiger partial charge in [-0.2, -0.15) is 0 Å². The molecule has 5 nitrogen and oxygen atoms in total. The third kappa shape index (κ3) is 2.71. The van der Waals surface area contributed by atoms with Crippen LogP contribution in [-0.2, 0) is 6.54 Å². The SMILES string of the molecule is O=c1c2[nH]ccc2ncn1CCN1CCCCCC1. The summed E-state index contributed by atoms with van der Waals surface area (Å²) in [4.78, 5) is 21.9. The van der Waals surface area contributed by atoms with Crippen molar-refractivity contribution in [2.75, 3.05) is 19.6 Å². The van der Waals surface area contributed by atoms with Crippen molar-refractivity contribution >= 4 is 11.0 Å². The van der Waals surface area contributed by atoms with Crippen LogP contribution in [0.3, 0.4) is 0 Å². The fourth-order valence-corrected chi connectivity index (χ4v) is 2.74. The molecule has 2 aromatic heterocycles. The number of H-pyrrole nitrogens is 1. The number of hydrogen-bond donors (Lipinski definition) is 1. The third-order valence-corrected chi connectivity index (χ3v) is 3.89. The van der Waals surface area contributed by atoms with Crippen LogP contribution < -0.4 is 5.56 Å². The van der Waals surface area contributed by atoms with Gasteiger partial charge in [0.05, 0.1) is 11.8 Å². The lowest BCUT2D eigenvalue weighted by Crippen LogP contribution is -2.31. The number of fused-ring (bicyclic) bond motifs is 1. The molecule has 102 valence electrons. The average molecular weight is 260 g/mol. The molecule has 0 bridgehead atoms. The molecule has 5 heteroatoms. The molecule has 1 saturated heterocycles. The zero-order valence-corrected chi connectivity index (χ0v) is 11.1. The monoisotopic (exact) mass is 260 g/mol. The highest BCUT2D eigenvalue weighted by atomic mass is 16.1. The number of likely N-dealkylation sites (tertiary alicyclic amines) is 1. The van der Waals surface area contributed by atoms with Crippen molar-refractivity contribution < 1.29 is 0 Å². The molecule has 1 fully saturated rings.